The van der Waals surface area contributed by atoms with Crippen LogP contribution in [-0.2, 0) is 0 Å². The topological polar surface area (TPSA) is 55.2 Å². The lowest BCUT2D eigenvalue weighted by molar-refractivity contribution is -0.0542. The van der Waals surface area contributed by atoms with E-state index in [9.17, 15) is 9.59 Å². The fourth-order valence-corrected chi connectivity index (χ4v) is 9.01. The number of piperidine rings is 2. The number of aromatic nitrogens is 2. The number of hydrogen-bond donors (Lipinski definition) is 0. The van der Waals surface area contributed by atoms with Crippen molar-refractivity contribution in [3.8, 4) is 0 Å². The lowest BCUT2D eigenvalue weighted by atomic mass is 9.64. The van der Waals surface area contributed by atoms with Crippen LogP contribution in [0.5, 0.6) is 0 Å². The molecule has 5 heteroatoms. The van der Waals surface area contributed by atoms with Gasteiger partial charge in [-0.3, -0.25) is 14.5 Å². The molecule has 186 valence electrons. The quantitative estimate of drug-likeness (QED) is 0.530. The number of benzene rings is 1. The summed E-state index contributed by atoms with van der Waals surface area (Å²) in [5.74, 6) is 3.76. The summed E-state index contributed by atoms with van der Waals surface area (Å²) < 4.78 is 1.96. The Kier molecular flexibility index (Phi) is 5.42. The molecule has 0 spiro atoms. The van der Waals surface area contributed by atoms with Gasteiger partial charge in [0.25, 0.3) is 5.56 Å². The van der Waals surface area contributed by atoms with Crippen LogP contribution in [-0.4, -0.2) is 38.4 Å². The number of ketones is 1. The highest BCUT2D eigenvalue weighted by Gasteiger charge is 2.47. The average molecular weight is 474 g/mol. The number of carbonyl (C=O) groups is 1. The summed E-state index contributed by atoms with van der Waals surface area (Å²) >= 11 is 0. The third-order valence-corrected chi connectivity index (χ3v) is 10.4. The number of hydrogen-bond acceptors (Lipinski definition) is 4. The summed E-state index contributed by atoms with van der Waals surface area (Å²) in [5.41, 5.74) is 1.56. The van der Waals surface area contributed by atoms with E-state index >= 15 is 0 Å². The Labute approximate surface area is 208 Å². The Morgan fingerprint density at radius 3 is 2.14 bits per heavy atom. The van der Waals surface area contributed by atoms with Crippen molar-refractivity contribution in [1.82, 2.24) is 14.5 Å². The lowest BCUT2D eigenvalue weighted by Crippen LogP contribution is -2.59. The molecule has 0 N–H and O–H groups in total. The molecule has 35 heavy (non-hydrogen) atoms. The third kappa shape index (κ3) is 3.89. The van der Waals surface area contributed by atoms with Gasteiger partial charge in [0.15, 0.2) is 11.5 Å². The highest BCUT2D eigenvalue weighted by Crippen LogP contribution is 2.53. The molecule has 5 nitrogen and oxygen atoms in total. The fourth-order valence-electron chi connectivity index (χ4n) is 9.01. The number of rotatable bonds is 4. The van der Waals surface area contributed by atoms with E-state index in [1.165, 1.54) is 71.1 Å². The zero-order chi connectivity index (χ0) is 23.7. The summed E-state index contributed by atoms with van der Waals surface area (Å²) in [6.07, 6.45) is 16.2. The molecule has 5 fully saturated rings. The van der Waals surface area contributed by atoms with Gasteiger partial charge in [-0.2, -0.15) is 0 Å². The third-order valence-electron chi connectivity index (χ3n) is 10.4. The first-order valence-corrected chi connectivity index (χ1v) is 14.3. The molecular formula is C30H39N3O2. The van der Waals surface area contributed by atoms with Gasteiger partial charge < -0.3 is 4.57 Å². The van der Waals surface area contributed by atoms with E-state index in [1.54, 1.807) is 0 Å². The van der Waals surface area contributed by atoms with E-state index in [2.05, 4.69) is 9.88 Å². The summed E-state index contributed by atoms with van der Waals surface area (Å²) in [5, 5.41) is 0. The van der Waals surface area contributed by atoms with Crippen LogP contribution in [0.1, 0.15) is 101 Å². The van der Waals surface area contributed by atoms with Crippen LogP contribution < -0.4 is 5.56 Å². The second-order valence-electron chi connectivity index (χ2n) is 12.7. The van der Waals surface area contributed by atoms with Crippen LogP contribution in [0.2, 0.25) is 0 Å². The molecule has 2 saturated heterocycles. The van der Waals surface area contributed by atoms with Gasteiger partial charge in [0.05, 0.1) is 11.0 Å². The summed E-state index contributed by atoms with van der Waals surface area (Å²) in [4.78, 5) is 33.2. The summed E-state index contributed by atoms with van der Waals surface area (Å²) in [6.45, 7) is 1.47. The number of fused-ring (bicyclic) bond motifs is 5. The first-order valence-electron chi connectivity index (χ1n) is 14.3. The first-order chi connectivity index (χ1) is 17.0. The number of nitrogens with zero attached hydrogens (tertiary/aromatic N) is 3. The number of para-hydroxylation sites is 2. The largest absolute Gasteiger partial charge is 0.302 e. The first kappa shape index (κ1) is 22.2. The maximum absolute atomic E-state index is 13.5. The molecule has 5 aliphatic rings. The monoisotopic (exact) mass is 473 g/mol. The molecule has 3 saturated carbocycles. The van der Waals surface area contributed by atoms with Crippen molar-refractivity contribution in [2.75, 3.05) is 0 Å². The second-order valence-corrected chi connectivity index (χ2v) is 12.7. The maximum Gasteiger partial charge on any atom is 0.280 e. The van der Waals surface area contributed by atoms with Crippen molar-refractivity contribution in [1.29, 1.82) is 0 Å². The van der Waals surface area contributed by atoms with Crippen LogP contribution in [0.15, 0.2) is 29.1 Å². The SMILES string of the molecule is CC(=O)c1nc2ccccc2n(C2C[C@H]3CCC[C@@H](C2)N3C2C[C@H]3CC(C4CC4)C[C@@H](C2)C3)c1=O. The normalized spacial score (nSPS) is 37.3. The van der Waals surface area contributed by atoms with Gasteiger partial charge >= 0.3 is 0 Å². The van der Waals surface area contributed by atoms with Crippen molar-refractivity contribution >= 4 is 16.8 Å². The summed E-state index contributed by atoms with van der Waals surface area (Å²) in [6, 6.07) is 9.90. The Morgan fingerprint density at radius 1 is 0.800 bits per heavy atom. The molecule has 2 aliphatic heterocycles. The molecule has 7 rings (SSSR count). The van der Waals surface area contributed by atoms with E-state index in [1.807, 2.05) is 28.8 Å². The second kappa shape index (κ2) is 8.54. The van der Waals surface area contributed by atoms with Crippen LogP contribution >= 0.6 is 0 Å². The Morgan fingerprint density at radius 2 is 1.49 bits per heavy atom. The van der Waals surface area contributed by atoms with Gasteiger partial charge in [0.1, 0.15) is 0 Å². The van der Waals surface area contributed by atoms with Crippen LogP contribution in [0.4, 0.5) is 0 Å². The molecule has 3 aliphatic carbocycles. The molecule has 1 aromatic heterocycles. The molecule has 3 heterocycles. The molecular weight excluding hydrogens is 434 g/mol. The van der Waals surface area contributed by atoms with Crippen molar-refractivity contribution in [3.05, 3.63) is 40.3 Å². The van der Waals surface area contributed by atoms with E-state index in [4.69, 9.17) is 0 Å². The summed E-state index contributed by atoms with van der Waals surface area (Å²) in [7, 11) is 0. The molecule has 3 unspecified atom stereocenters. The van der Waals surface area contributed by atoms with E-state index in [-0.39, 0.29) is 23.1 Å². The van der Waals surface area contributed by atoms with Crippen LogP contribution in [0, 0.1) is 23.7 Å². The van der Waals surface area contributed by atoms with Gasteiger partial charge in [-0.1, -0.05) is 18.6 Å². The smallest absolute Gasteiger partial charge is 0.280 e. The minimum atomic E-state index is -0.231. The molecule has 2 aromatic rings. The van der Waals surface area contributed by atoms with Gasteiger partial charge in [-0.15, -0.1) is 0 Å². The Bertz CT molecular complexity index is 1170. The number of Topliss-reactive ketones (excluding diaryl/α,β-unsaturated/α-hetero) is 1. The van der Waals surface area contributed by atoms with Crippen molar-refractivity contribution < 1.29 is 4.79 Å². The van der Waals surface area contributed by atoms with Gasteiger partial charge in [-0.25, -0.2) is 4.98 Å². The average Bonchev–Trinajstić information content (AvgIpc) is 3.68. The molecule has 0 radical (unpaired) electrons. The minimum Gasteiger partial charge on any atom is -0.302 e. The molecule has 0 amide bonds. The Balaban J connectivity index is 1.17. The highest BCUT2D eigenvalue weighted by molar-refractivity contribution is 5.93. The zero-order valence-corrected chi connectivity index (χ0v) is 21.1. The van der Waals surface area contributed by atoms with E-state index < -0.39 is 0 Å². The van der Waals surface area contributed by atoms with E-state index in [0.717, 1.165) is 53.6 Å². The van der Waals surface area contributed by atoms with Crippen molar-refractivity contribution in [2.45, 2.75) is 108 Å². The van der Waals surface area contributed by atoms with Crippen molar-refractivity contribution in [3.63, 3.8) is 0 Å². The minimum absolute atomic E-state index is 0.0987. The van der Waals surface area contributed by atoms with Crippen molar-refractivity contribution in [2.24, 2.45) is 23.7 Å². The Hall–Kier alpha value is -2.01. The number of carbonyl (C=O) groups excluding carboxylic acids is 1. The van der Waals surface area contributed by atoms with Crippen LogP contribution in [0.3, 0.4) is 0 Å². The standard InChI is InChI=1S/C30H39N3O2/c1-18(34)29-30(35)33(28-8-3-2-7-27(28)31-29)26-16-23-5-4-6-24(17-26)32(23)25-14-19-11-20(15-25)13-22(12-19)21-9-10-21/h2-3,7-8,19-26H,4-6,9-17H2,1H3/t19-,20+,22?,23-,24+,25?,26?. The van der Waals surface area contributed by atoms with Gasteiger partial charge in [-0.05, 0) is 106 Å². The molecule has 1 aromatic carbocycles. The predicted octanol–water partition coefficient (Wildman–Crippen LogP) is 5.76. The van der Waals surface area contributed by atoms with E-state index in [0.29, 0.717) is 12.1 Å². The maximum atomic E-state index is 13.5. The molecule has 4 bridgehead atoms. The highest BCUT2D eigenvalue weighted by atomic mass is 16.1. The lowest BCUT2D eigenvalue weighted by Gasteiger charge is -2.56. The van der Waals surface area contributed by atoms with Gasteiger partial charge in [0.2, 0.25) is 0 Å². The zero-order valence-electron chi connectivity index (χ0n) is 21.1. The van der Waals surface area contributed by atoms with Gasteiger partial charge in [0, 0.05) is 31.1 Å². The molecule has 7 atom stereocenters. The fraction of sp³-hybridized carbons (Fsp3) is 0.700. The van der Waals surface area contributed by atoms with Crippen LogP contribution in [0.25, 0.3) is 11.0 Å². The predicted molar refractivity (Wildman–Crippen MR) is 138 cm³/mol.